The first kappa shape index (κ1) is 18.0. The highest BCUT2D eigenvalue weighted by molar-refractivity contribution is 6.04. The standard InChI is InChI=1S/C21H22N4O3/c1-23-20(26)16-8-4-3-7-15(16)19(22-23)21(27)25-13-11-24(12-14-25)17-9-5-6-10-18(17)28-2/h3-10H,11-14H2,1-2H3. The van der Waals surface area contributed by atoms with E-state index in [0.717, 1.165) is 11.4 Å². The third kappa shape index (κ3) is 3.09. The average molecular weight is 378 g/mol. The lowest BCUT2D eigenvalue weighted by Gasteiger charge is -2.36. The largest absolute Gasteiger partial charge is 0.495 e. The van der Waals surface area contributed by atoms with Crippen LogP contribution in [0.3, 0.4) is 0 Å². The number of para-hydroxylation sites is 2. The van der Waals surface area contributed by atoms with E-state index in [0.29, 0.717) is 42.6 Å². The molecule has 0 atom stereocenters. The van der Waals surface area contributed by atoms with Gasteiger partial charge in [-0.1, -0.05) is 30.3 Å². The van der Waals surface area contributed by atoms with Crippen LogP contribution in [0.2, 0.25) is 0 Å². The smallest absolute Gasteiger partial charge is 0.275 e. The van der Waals surface area contributed by atoms with Crippen molar-refractivity contribution in [3.63, 3.8) is 0 Å². The molecule has 144 valence electrons. The van der Waals surface area contributed by atoms with Crippen molar-refractivity contribution in [3.05, 3.63) is 64.6 Å². The number of benzene rings is 2. The van der Waals surface area contributed by atoms with Gasteiger partial charge in [-0.05, 0) is 18.2 Å². The van der Waals surface area contributed by atoms with E-state index in [1.54, 1.807) is 37.3 Å². The number of nitrogens with zero attached hydrogens (tertiary/aromatic N) is 4. The van der Waals surface area contributed by atoms with Gasteiger partial charge < -0.3 is 14.5 Å². The van der Waals surface area contributed by atoms with E-state index in [1.165, 1.54) is 4.68 Å². The molecule has 28 heavy (non-hydrogen) atoms. The highest BCUT2D eigenvalue weighted by Gasteiger charge is 2.26. The van der Waals surface area contributed by atoms with Crippen LogP contribution in [-0.2, 0) is 7.05 Å². The number of aryl methyl sites for hydroxylation is 1. The molecule has 1 amide bonds. The van der Waals surface area contributed by atoms with Crippen LogP contribution in [0.4, 0.5) is 5.69 Å². The van der Waals surface area contributed by atoms with Gasteiger partial charge in [-0.2, -0.15) is 5.10 Å². The summed E-state index contributed by atoms with van der Waals surface area (Å²) in [6, 6.07) is 15.0. The Morgan fingerprint density at radius 2 is 1.61 bits per heavy atom. The van der Waals surface area contributed by atoms with Crippen molar-refractivity contribution in [1.82, 2.24) is 14.7 Å². The van der Waals surface area contributed by atoms with E-state index >= 15 is 0 Å². The number of carbonyl (C=O) groups is 1. The highest BCUT2D eigenvalue weighted by Crippen LogP contribution is 2.28. The number of hydrogen-bond donors (Lipinski definition) is 0. The molecule has 2 aromatic carbocycles. The molecule has 1 fully saturated rings. The second-order valence-electron chi connectivity index (χ2n) is 6.77. The maximum atomic E-state index is 13.1. The molecule has 0 bridgehead atoms. The first-order valence-corrected chi connectivity index (χ1v) is 9.23. The minimum atomic E-state index is -0.201. The highest BCUT2D eigenvalue weighted by atomic mass is 16.5. The lowest BCUT2D eigenvalue weighted by Crippen LogP contribution is -2.49. The summed E-state index contributed by atoms with van der Waals surface area (Å²) in [6.07, 6.45) is 0. The molecule has 1 aliphatic heterocycles. The first-order chi connectivity index (χ1) is 13.6. The monoisotopic (exact) mass is 378 g/mol. The summed E-state index contributed by atoms with van der Waals surface area (Å²) in [7, 11) is 3.24. The summed E-state index contributed by atoms with van der Waals surface area (Å²) in [5, 5.41) is 5.37. The molecule has 7 nitrogen and oxygen atoms in total. The summed E-state index contributed by atoms with van der Waals surface area (Å²) >= 11 is 0. The van der Waals surface area contributed by atoms with E-state index in [2.05, 4.69) is 10.00 Å². The summed E-state index contributed by atoms with van der Waals surface area (Å²) in [5.74, 6) is 0.680. The molecule has 0 aliphatic carbocycles. The van der Waals surface area contributed by atoms with Crippen LogP contribution in [-0.4, -0.2) is 53.9 Å². The van der Waals surface area contributed by atoms with Crippen molar-refractivity contribution in [2.45, 2.75) is 0 Å². The van der Waals surface area contributed by atoms with Gasteiger partial charge in [0, 0.05) is 38.6 Å². The maximum absolute atomic E-state index is 13.1. The topological polar surface area (TPSA) is 67.7 Å². The van der Waals surface area contributed by atoms with E-state index in [9.17, 15) is 9.59 Å². The molecule has 7 heteroatoms. The van der Waals surface area contributed by atoms with Crippen molar-refractivity contribution in [2.24, 2.45) is 7.05 Å². The molecule has 0 N–H and O–H groups in total. The third-order valence-corrected chi connectivity index (χ3v) is 5.15. The zero-order valence-corrected chi connectivity index (χ0v) is 16.0. The third-order valence-electron chi connectivity index (χ3n) is 5.15. The number of anilines is 1. The van der Waals surface area contributed by atoms with E-state index in [1.807, 2.05) is 30.3 Å². The normalized spacial score (nSPS) is 14.4. The van der Waals surface area contributed by atoms with Gasteiger partial charge in [0.15, 0.2) is 5.69 Å². The number of aromatic nitrogens is 2. The zero-order valence-electron chi connectivity index (χ0n) is 16.0. The zero-order chi connectivity index (χ0) is 19.7. The number of ether oxygens (including phenoxy) is 1. The van der Waals surface area contributed by atoms with E-state index in [4.69, 9.17) is 4.74 Å². The Labute approximate surface area is 162 Å². The van der Waals surface area contributed by atoms with Gasteiger partial charge in [-0.3, -0.25) is 9.59 Å². The van der Waals surface area contributed by atoms with E-state index < -0.39 is 0 Å². The predicted molar refractivity (Wildman–Crippen MR) is 108 cm³/mol. The number of rotatable bonds is 3. The fourth-order valence-corrected chi connectivity index (χ4v) is 3.65. The molecule has 1 aromatic heterocycles. The van der Waals surface area contributed by atoms with Gasteiger partial charge in [0.25, 0.3) is 11.5 Å². The fourth-order valence-electron chi connectivity index (χ4n) is 3.65. The second-order valence-corrected chi connectivity index (χ2v) is 6.77. The molecule has 3 aromatic rings. The van der Waals surface area contributed by atoms with Crippen LogP contribution in [0.1, 0.15) is 10.5 Å². The Balaban J connectivity index is 1.58. The van der Waals surface area contributed by atoms with Crippen molar-refractivity contribution >= 4 is 22.4 Å². The van der Waals surface area contributed by atoms with Gasteiger partial charge in [0.1, 0.15) is 5.75 Å². The van der Waals surface area contributed by atoms with Crippen LogP contribution in [0.5, 0.6) is 5.75 Å². The quantitative estimate of drug-likeness (QED) is 0.696. The summed E-state index contributed by atoms with van der Waals surface area (Å²) in [6.45, 7) is 2.57. The molecule has 1 saturated heterocycles. The number of amides is 1. The van der Waals surface area contributed by atoms with Crippen LogP contribution in [0.15, 0.2) is 53.3 Å². The van der Waals surface area contributed by atoms with Crippen molar-refractivity contribution in [2.75, 3.05) is 38.2 Å². The molecule has 0 unspecified atom stereocenters. The first-order valence-electron chi connectivity index (χ1n) is 9.23. The van der Waals surface area contributed by atoms with Crippen LogP contribution < -0.4 is 15.2 Å². The Bertz CT molecular complexity index is 1080. The Morgan fingerprint density at radius 1 is 0.964 bits per heavy atom. The maximum Gasteiger partial charge on any atom is 0.275 e. The Kier molecular flexibility index (Phi) is 4.73. The average Bonchev–Trinajstić information content (AvgIpc) is 2.76. The SMILES string of the molecule is COc1ccccc1N1CCN(C(=O)c2nn(C)c(=O)c3ccccc23)CC1. The second kappa shape index (κ2) is 7.34. The van der Waals surface area contributed by atoms with Crippen LogP contribution in [0, 0.1) is 0 Å². The molecule has 0 radical (unpaired) electrons. The van der Waals surface area contributed by atoms with Gasteiger partial charge in [0.2, 0.25) is 0 Å². The minimum Gasteiger partial charge on any atom is -0.495 e. The lowest BCUT2D eigenvalue weighted by atomic mass is 10.1. The van der Waals surface area contributed by atoms with Crippen molar-refractivity contribution in [3.8, 4) is 5.75 Å². The number of methoxy groups -OCH3 is 1. The van der Waals surface area contributed by atoms with Gasteiger partial charge in [-0.25, -0.2) is 4.68 Å². The van der Waals surface area contributed by atoms with Crippen LogP contribution >= 0.6 is 0 Å². The Morgan fingerprint density at radius 3 is 2.32 bits per heavy atom. The lowest BCUT2D eigenvalue weighted by molar-refractivity contribution is 0.0740. The van der Waals surface area contributed by atoms with E-state index in [-0.39, 0.29) is 11.5 Å². The van der Waals surface area contributed by atoms with Crippen LogP contribution in [0.25, 0.3) is 10.8 Å². The summed E-state index contributed by atoms with van der Waals surface area (Å²) in [5.41, 5.74) is 1.15. The van der Waals surface area contributed by atoms with Crippen molar-refractivity contribution in [1.29, 1.82) is 0 Å². The Hall–Kier alpha value is -3.35. The minimum absolute atomic E-state index is 0.147. The van der Waals surface area contributed by atoms with Gasteiger partial charge >= 0.3 is 0 Å². The summed E-state index contributed by atoms with van der Waals surface area (Å²) in [4.78, 5) is 29.5. The number of piperazine rings is 1. The molecule has 0 saturated carbocycles. The molecular formula is C21H22N4O3. The fraction of sp³-hybridized carbons (Fsp3) is 0.286. The molecular weight excluding hydrogens is 356 g/mol. The van der Waals surface area contributed by atoms with Gasteiger partial charge in [0.05, 0.1) is 18.2 Å². The number of carbonyl (C=O) groups excluding carboxylic acids is 1. The molecule has 0 spiro atoms. The molecule has 1 aliphatic rings. The van der Waals surface area contributed by atoms with Crippen molar-refractivity contribution < 1.29 is 9.53 Å². The van der Waals surface area contributed by atoms with Gasteiger partial charge in [-0.15, -0.1) is 0 Å². The number of fused-ring (bicyclic) bond motifs is 1. The molecule has 2 heterocycles. The summed E-state index contributed by atoms with van der Waals surface area (Å²) < 4.78 is 6.69. The molecule has 4 rings (SSSR count). The predicted octanol–water partition coefficient (Wildman–Crippen LogP) is 1.90. The number of hydrogen-bond acceptors (Lipinski definition) is 5.